The first kappa shape index (κ1) is 19.8. The molecule has 0 N–H and O–H groups in total. The average molecular weight is 420 g/mol. The molecule has 6 nitrogen and oxygen atoms in total. The van der Waals surface area contributed by atoms with E-state index in [1.54, 1.807) is 24.4 Å². The van der Waals surface area contributed by atoms with Gasteiger partial charge in [-0.25, -0.2) is 4.98 Å². The van der Waals surface area contributed by atoms with Crippen LogP contribution in [0.2, 0.25) is 0 Å². The smallest absolute Gasteiger partial charge is 0.267 e. The number of carbonyl (C=O) groups is 1. The van der Waals surface area contributed by atoms with Gasteiger partial charge in [0.05, 0.1) is 23.9 Å². The predicted octanol–water partition coefficient (Wildman–Crippen LogP) is 4.62. The van der Waals surface area contributed by atoms with Crippen molar-refractivity contribution >= 4 is 32.6 Å². The van der Waals surface area contributed by atoms with Gasteiger partial charge in [0.25, 0.3) is 5.91 Å². The standard InChI is InChI=1S/C23H21N3O3S/c1-16-5-3-7-19(11-16)29-15-22(27)26(14-17-6-4-10-24-13-17)23-25-20-9-8-18(28-2)12-21(20)30-23/h3-13H,14-15H2,1-2H3. The molecule has 30 heavy (non-hydrogen) atoms. The molecule has 0 aliphatic carbocycles. The Kier molecular flexibility index (Phi) is 5.90. The summed E-state index contributed by atoms with van der Waals surface area (Å²) in [6.45, 7) is 2.27. The molecule has 4 rings (SSSR count). The average Bonchev–Trinajstić information content (AvgIpc) is 3.19. The topological polar surface area (TPSA) is 64.5 Å². The molecule has 7 heteroatoms. The van der Waals surface area contributed by atoms with E-state index in [2.05, 4.69) is 9.97 Å². The maximum Gasteiger partial charge on any atom is 0.267 e. The van der Waals surface area contributed by atoms with E-state index in [-0.39, 0.29) is 12.5 Å². The third-order valence-electron chi connectivity index (χ3n) is 4.53. The van der Waals surface area contributed by atoms with Crippen LogP contribution in [0, 0.1) is 6.92 Å². The highest BCUT2D eigenvalue weighted by Crippen LogP contribution is 2.32. The molecule has 0 bridgehead atoms. The van der Waals surface area contributed by atoms with Crippen LogP contribution >= 0.6 is 11.3 Å². The van der Waals surface area contributed by atoms with Gasteiger partial charge in [0.2, 0.25) is 0 Å². The molecule has 2 aromatic heterocycles. The number of nitrogens with zero attached hydrogens (tertiary/aromatic N) is 3. The van der Waals surface area contributed by atoms with Gasteiger partial charge in [-0.1, -0.05) is 29.5 Å². The number of methoxy groups -OCH3 is 1. The lowest BCUT2D eigenvalue weighted by atomic mass is 10.2. The zero-order valence-corrected chi connectivity index (χ0v) is 17.6. The minimum Gasteiger partial charge on any atom is -0.497 e. The number of rotatable bonds is 7. The van der Waals surface area contributed by atoms with Crippen LogP contribution in [0.4, 0.5) is 5.13 Å². The summed E-state index contributed by atoms with van der Waals surface area (Å²) in [5.74, 6) is 1.25. The number of pyridine rings is 1. The minimum absolute atomic E-state index is 0.0804. The first-order chi connectivity index (χ1) is 14.6. The number of benzene rings is 2. The number of ether oxygens (including phenoxy) is 2. The van der Waals surface area contributed by atoms with Gasteiger partial charge >= 0.3 is 0 Å². The van der Waals surface area contributed by atoms with Gasteiger partial charge in [0.15, 0.2) is 11.7 Å². The zero-order chi connectivity index (χ0) is 20.9. The van der Waals surface area contributed by atoms with Crippen molar-refractivity contribution in [1.29, 1.82) is 0 Å². The van der Waals surface area contributed by atoms with Crippen molar-refractivity contribution in [2.45, 2.75) is 13.5 Å². The summed E-state index contributed by atoms with van der Waals surface area (Å²) >= 11 is 1.44. The van der Waals surface area contributed by atoms with Gasteiger partial charge in [-0.15, -0.1) is 0 Å². The Morgan fingerprint density at radius 2 is 2.00 bits per heavy atom. The van der Waals surface area contributed by atoms with E-state index in [1.807, 2.05) is 61.5 Å². The van der Waals surface area contributed by atoms with Crippen LogP contribution in [0.15, 0.2) is 67.0 Å². The molecule has 0 fully saturated rings. The molecule has 2 aromatic carbocycles. The van der Waals surface area contributed by atoms with E-state index >= 15 is 0 Å². The van der Waals surface area contributed by atoms with Crippen LogP contribution in [-0.2, 0) is 11.3 Å². The number of carbonyl (C=O) groups excluding carboxylic acids is 1. The Bertz CT molecular complexity index is 1160. The monoisotopic (exact) mass is 419 g/mol. The number of anilines is 1. The number of thiazole rings is 1. The normalized spacial score (nSPS) is 10.7. The first-order valence-corrected chi connectivity index (χ1v) is 10.3. The van der Waals surface area contributed by atoms with Gasteiger partial charge in [-0.2, -0.15) is 0 Å². The van der Waals surface area contributed by atoms with E-state index in [9.17, 15) is 4.79 Å². The summed E-state index contributed by atoms with van der Waals surface area (Å²) in [4.78, 5) is 23.6. The van der Waals surface area contributed by atoms with E-state index in [4.69, 9.17) is 9.47 Å². The van der Waals surface area contributed by atoms with Crippen LogP contribution in [0.25, 0.3) is 10.2 Å². The molecule has 4 aromatic rings. The van der Waals surface area contributed by atoms with E-state index < -0.39 is 0 Å². The summed E-state index contributed by atoms with van der Waals surface area (Å²) in [6.07, 6.45) is 3.46. The zero-order valence-electron chi connectivity index (χ0n) is 16.7. The molecule has 0 saturated heterocycles. The van der Waals surface area contributed by atoms with Gasteiger partial charge in [-0.3, -0.25) is 14.7 Å². The third kappa shape index (κ3) is 4.58. The highest BCUT2D eigenvalue weighted by molar-refractivity contribution is 7.22. The molecular formula is C23H21N3O3S. The molecule has 152 valence electrons. The van der Waals surface area contributed by atoms with E-state index in [0.717, 1.165) is 27.1 Å². The van der Waals surface area contributed by atoms with Gasteiger partial charge < -0.3 is 9.47 Å². The van der Waals surface area contributed by atoms with Crippen LogP contribution in [0.5, 0.6) is 11.5 Å². The Hall–Kier alpha value is -3.45. The summed E-state index contributed by atoms with van der Waals surface area (Å²) in [5, 5.41) is 0.611. The highest BCUT2D eigenvalue weighted by Gasteiger charge is 2.21. The van der Waals surface area contributed by atoms with Crippen LogP contribution in [0.1, 0.15) is 11.1 Å². The molecule has 1 amide bonds. The molecule has 2 heterocycles. The number of aryl methyl sites for hydroxylation is 1. The molecule has 0 spiro atoms. The molecule has 0 aliphatic rings. The molecule has 0 aliphatic heterocycles. The largest absolute Gasteiger partial charge is 0.497 e. The Labute approximate surface area is 178 Å². The third-order valence-corrected chi connectivity index (χ3v) is 5.57. The van der Waals surface area contributed by atoms with Crippen LogP contribution < -0.4 is 14.4 Å². The quantitative estimate of drug-likeness (QED) is 0.437. The summed E-state index contributed by atoms with van der Waals surface area (Å²) in [5.41, 5.74) is 2.81. The fourth-order valence-corrected chi connectivity index (χ4v) is 4.01. The maximum atomic E-state index is 13.1. The fourth-order valence-electron chi connectivity index (χ4n) is 3.00. The fraction of sp³-hybridized carbons (Fsp3) is 0.174. The molecular weight excluding hydrogens is 398 g/mol. The van der Waals surface area contributed by atoms with Crippen LogP contribution in [-0.4, -0.2) is 29.6 Å². The SMILES string of the molecule is COc1ccc2nc(N(Cc3cccnc3)C(=O)COc3cccc(C)c3)sc2c1. The van der Waals surface area contributed by atoms with E-state index in [1.165, 1.54) is 11.3 Å². The Balaban J connectivity index is 1.61. The first-order valence-electron chi connectivity index (χ1n) is 9.46. The highest BCUT2D eigenvalue weighted by atomic mass is 32.1. The molecule has 0 atom stereocenters. The van der Waals surface area contributed by atoms with Crippen molar-refractivity contribution in [3.8, 4) is 11.5 Å². The second kappa shape index (κ2) is 8.92. The molecule has 0 radical (unpaired) electrons. The van der Waals surface area contributed by atoms with Crippen molar-refractivity contribution in [3.05, 3.63) is 78.1 Å². The second-order valence-electron chi connectivity index (χ2n) is 6.78. The van der Waals surface area contributed by atoms with Crippen molar-refractivity contribution < 1.29 is 14.3 Å². The number of amides is 1. The molecule has 0 saturated carbocycles. The lowest BCUT2D eigenvalue weighted by Crippen LogP contribution is -2.34. The number of hydrogen-bond acceptors (Lipinski definition) is 6. The minimum atomic E-state index is -0.175. The lowest BCUT2D eigenvalue weighted by Gasteiger charge is -2.20. The van der Waals surface area contributed by atoms with Gasteiger partial charge in [-0.05, 0) is 54.4 Å². The number of aromatic nitrogens is 2. The van der Waals surface area contributed by atoms with E-state index in [0.29, 0.717) is 17.4 Å². The van der Waals surface area contributed by atoms with Gasteiger partial charge in [0, 0.05) is 12.4 Å². The summed E-state index contributed by atoms with van der Waals surface area (Å²) in [7, 11) is 1.63. The van der Waals surface area contributed by atoms with Crippen molar-refractivity contribution in [2.24, 2.45) is 0 Å². The second-order valence-corrected chi connectivity index (χ2v) is 7.79. The Morgan fingerprint density at radius 1 is 1.10 bits per heavy atom. The van der Waals surface area contributed by atoms with Crippen molar-refractivity contribution in [1.82, 2.24) is 9.97 Å². The van der Waals surface area contributed by atoms with Crippen LogP contribution in [0.3, 0.4) is 0 Å². The predicted molar refractivity (Wildman–Crippen MR) is 118 cm³/mol. The molecule has 0 unspecified atom stereocenters. The summed E-state index contributed by atoms with van der Waals surface area (Å²) < 4.78 is 12.0. The lowest BCUT2D eigenvalue weighted by molar-refractivity contribution is -0.120. The summed E-state index contributed by atoms with van der Waals surface area (Å²) in [6, 6.07) is 17.1. The van der Waals surface area contributed by atoms with Crippen molar-refractivity contribution in [3.63, 3.8) is 0 Å². The Morgan fingerprint density at radius 3 is 2.77 bits per heavy atom. The van der Waals surface area contributed by atoms with Gasteiger partial charge in [0.1, 0.15) is 11.5 Å². The maximum absolute atomic E-state index is 13.1. The number of fused-ring (bicyclic) bond motifs is 1. The van der Waals surface area contributed by atoms with Crippen molar-refractivity contribution in [2.75, 3.05) is 18.6 Å². The number of hydrogen-bond donors (Lipinski definition) is 0.